The highest BCUT2D eigenvalue weighted by Crippen LogP contribution is 2.25. The van der Waals surface area contributed by atoms with Gasteiger partial charge in [0.25, 0.3) is 0 Å². The predicted molar refractivity (Wildman–Crippen MR) is 78.3 cm³/mol. The summed E-state index contributed by atoms with van der Waals surface area (Å²) in [7, 11) is 0. The fourth-order valence-electron chi connectivity index (χ4n) is 1.58. The number of nitrogens with zero attached hydrogens (tertiary/aromatic N) is 3. The summed E-state index contributed by atoms with van der Waals surface area (Å²) in [5.74, 6) is -1.83. The molecule has 7 nitrogen and oxygen atoms in total. The van der Waals surface area contributed by atoms with Crippen molar-refractivity contribution in [3.8, 4) is 28.7 Å². The van der Waals surface area contributed by atoms with Gasteiger partial charge < -0.3 is 14.6 Å². The maximum atomic E-state index is 10.6. The number of carboxylic acid groups (broad SMARTS) is 1. The SMILES string of the molecule is O=C(O)C(F)(F)F.Oc1cccc(-c2nnc(-c3cccnc3)o2)c1. The van der Waals surface area contributed by atoms with Gasteiger partial charge in [-0.1, -0.05) is 6.07 Å². The van der Waals surface area contributed by atoms with Crippen molar-refractivity contribution in [3.63, 3.8) is 0 Å². The number of phenols is 1. The lowest BCUT2D eigenvalue weighted by molar-refractivity contribution is -0.192. The van der Waals surface area contributed by atoms with Crippen molar-refractivity contribution in [3.05, 3.63) is 48.8 Å². The predicted octanol–water partition coefficient (Wildman–Crippen LogP) is 3.14. The number of phenolic OH excluding ortho intramolecular Hbond substituents is 1. The number of pyridine rings is 1. The normalized spacial score (nSPS) is 10.7. The molecule has 0 aliphatic heterocycles. The molecule has 0 radical (unpaired) electrons. The van der Waals surface area contributed by atoms with E-state index in [1.165, 1.54) is 0 Å². The van der Waals surface area contributed by atoms with Crippen LogP contribution < -0.4 is 0 Å². The standard InChI is InChI=1S/C13H9N3O2.C2HF3O2/c17-11-5-1-3-9(7-11)12-15-16-13(18-12)10-4-2-6-14-8-10;3-2(4,5)1(6)7/h1-8,17H;(H,6,7). The van der Waals surface area contributed by atoms with Crippen LogP contribution in [-0.4, -0.2) is 37.5 Å². The van der Waals surface area contributed by atoms with Gasteiger partial charge in [-0.15, -0.1) is 10.2 Å². The molecule has 1 aromatic carbocycles. The van der Waals surface area contributed by atoms with Gasteiger partial charge in [-0.25, -0.2) is 4.79 Å². The summed E-state index contributed by atoms with van der Waals surface area (Å²) in [6, 6.07) is 10.3. The highest BCUT2D eigenvalue weighted by Gasteiger charge is 2.38. The molecule has 10 heteroatoms. The summed E-state index contributed by atoms with van der Waals surface area (Å²) >= 11 is 0. The largest absolute Gasteiger partial charge is 0.508 e. The molecule has 0 saturated heterocycles. The third-order valence-corrected chi connectivity index (χ3v) is 2.67. The lowest BCUT2D eigenvalue weighted by atomic mass is 10.2. The Kier molecular flexibility index (Phi) is 5.32. The fourth-order valence-corrected chi connectivity index (χ4v) is 1.58. The van der Waals surface area contributed by atoms with E-state index in [0.717, 1.165) is 5.56 Å². The Morgan fingerprint density at radius 3 is 2.16 bits per heavy atom. The van der Waals surface area contributed by atoms with Gasteiger partial charge in [-0.3, -0.25) is 4.98 Å². The first-order chi connectivity index (χ1) is 11.8. The zero-order valence-electron chi connectivity index (χ0n) is 12.3. The van der Waals surface area contributed by atoms with Crippen LogP contribution in [0.2, 0.25) is 0 Å². The zero-order chi connectivity index (χ0) is 18.4. The van der Waals surface area contributed by atoms with E-state index in [0.29, 0.717) is 17.3 Å². The topological polar surface area (TPSA) is 109 Å². The van der Waals surface area contributed by atoms with Crippen LogP contribution in [0.25, 0.3) is 22.9 Å². The molecule has 0 unspecified atom stereocenters. The minimum atomic E-state index is -5.08. The Hall–Kier alpha value is -3.43. The van der Waals surface area contributed by atoms with Crippen molar-refractivity contribution in [2.24, 2.45) is 0 Å². The van der Waals surface area contributed by atoms with E-state index in [1.54, 1.807) is 42.7 Å². The van der Waals surface area contributed by atoms with E-state index in [2.05, 4.69) is 15.2 Å². The van der Waals surface area contributed by atoms with E-state index in [4.69, 9.17) is 14.3 Å². The lowest BCUT2D eigenvalue weighted by Crippen LogP contribution is -2.21. The van der Waals surface area contributed by atoms with Crippen molar-refractivity contribution in [2.75, 3.05) is 0 Å². The summed E-state index contributed by atoms with van der Waals surface area (Å²) in [6.45, 7) is 0. The third-order valence-electron chi connectivity index (χ3n) is 2.67. The summed E-state index contributed by atoms with van der Waals surface area (Å²) in [4.78, 5) is 12.9. The highest BCUT2D eigenvalue weighted by molar-refractivity contribution is 5.73. The van der Waals surface area contributed by atoms with Gasteiger partial charge in [0, 0.05) is 18.0 Å². The molecule has 130 valence electrons. The molecule has 0 amide bonds. The first-order valence-corrected chi connectivity index (χ1v) is 6.61. The average molecular weight is 353 g/mol. The fraction of sp³-hybridized carbons (Fsp3) is 0.0667. The van der Waals surface area contributed by atoms with E-state index in [1.807, 2.05) is 6.07 Å². The van der Waals surface area contributed by atoms with Crippen LogP contribution in [0.1, 0.15) is 0 Å². The molecule has 25 heavy (non-hydrogen) atoms. The van der Waals surface area contributed by atoms with Crippen LogP contribution in [0.5, 0.6) is 5.75 Å². The Bertz CT molecular complexity index is 850. The Labute approximate surface area is 138 Å². The molecule has 0 saturated carbocycles. The van der Waals surface area contributed by atoms with Crippen LogP contribution in [0.3, 0.4) is 0 Å². The number of aromatic hydroxyl groups is 1. The Morgan fingerprint density at radius 2 is 1.64 bits per heavy atom. The highest BCUT2D eigenvalue weighted by atomic mass is 19.4. The number of hydrogen-bond acceptors (Lipinski definition) is 6. The average Bonchev–Trinajstić information content (AvgIpc) is 3.05. The number of carboxylic acids is 1. The van der Waals surface area contributed by atoms with Gasteiger partial charge in [-0.2, -0.15) is 13.2 Å². The second-order valence-corrected chi connectivity index (χ2v) is 4.51. The van der Waals surface area contributed by atoms with Crippen LogP contribution in [-0.2, 0) is 4.79 Å². The number of rotatable bonds is 2. The molecule has 2 aromatic heterocycles. The summed E-state index contributed by atoms with van der Waals surface area (Å²) in [6.07, 6.45) is -1.75. The van der Waals surface area contributed by atoms with Crippen LogP contribution in [0, 0.1) is 0 Å². The maximum absolute atomic E-state index is 10.6. The molecular weight excluding hydrogens is 343 g/mol. The monoisotopic (exact) mass is 353 g/mol. The molecule has 0 aliphatic rings. The van der Waals surface area contributed by atoms with Crippen LogP contribution in [0.4, 0.5) is 13.2 Å². The van der Waals surface area contributed by atoms with Crippen LogP contribution >= 0.6 is 0 Å². The van der Waals surface area contributed by atoms with Gasteiger partial charge in [0.05, 0.1) is 5.56 Å². The van der Waals surface area contributed by atoms with Gasteiger partial charge in [-0.05, 0) is 30.3 Å². The molecule has 0 bridgehead atoms. The number of hydrogen-bond donors (Lipinski definition) is 2. The van der Waals surface area contributed by atoms with Crippen molar-refractivity contribution in [1.82, 2.24) is 15.2 Å². The van der Waals surface area contributed by atoms with Gasteiger partial charge in [0.1, 0.15) is 5.75 Å². The molecule has 3 aromatic rings. The maximum Gasteiger partial charge on any atom is 0.490 e. The number of aliphatic carboxylic acids is 1. The molecule has 0 fully saturated rings. The third kappa shape index (κ3) is 5.03. The first kappa shape index (κ1) is 17.9. The number of aromatic nitrogens is 3. The second-order valence-electron chi connectivity index (χ2n) is 4.51. The van der Waals surface area contributed by atoms with Gasteiger partial charge in [0.15, 0.2) is 0 Å². The quantitative estimate of drug-likeness (QED) is 0.728. The van der Waals surface area contributed by atoms with E-state index < -0.39 is 12.1 Å². The summed E-state index contributed by atoms with van der Waals surface area (Å²) in [5, 5.41) is 24.4. The summed E-state index contributed by atoms with van der Waals surface area (Å²) < 4.78 is 37.3. The Balaban J connectivity index is 0.000000277. The molecule has 0 aliphatic carbocycles. The zero-order valence-corrected chi connectivity index (χ0v) is 12.3. The molecular formula is C15H10F3N3O4. The van der Waals surface area contributed by atoms with Gasteiger partial charge in [0.2, 0.25) is 11.8 Å². The molecule has 2 N–H and O–H groups in total. The lowest BCUT2D eigenvalue weighted by Gasteiger charge is -1.95. The molecule has 2 heterocycles. The Morgan fingerprint density at radius 1 is 1.04 bits per heavy atom. The number of carbonyl (C=O) groups is 1. The van der Waals surface area contributed by atoms with Crippen molar-refractivity contribution < 1.29 is 32.6 Å². The number of benzene rings is 1. The summed E-state index contributed by atoms with van der Waals surface area (Å²) in [5.41, 5.74) is 1.44. The van der Waals surface area contributed by atoms with E-state index >= 15 is 0 Å². The van der Waals surface area contributed by atoms with Crippen molar-refractivity contribution in [2.45, 2.75) is 6.18 Å². The number of halogens is 3. The molecule has 0 spiro atoms. The van der Waals surface area contributed by atoms with E-state index in [-0.39, 0.29) is 5.75 Å². The smallest absolute Gasteiger partial charge is 0.490 e. The minimum absolute atomic E-state index is 0.161. The second kappa shape index (κ2) is 7.43. The molecule has 0 atom stereocenters. The van der Waals surface area contributed by atoms with E-state index in [9.17, 15) is 18.3 Å². The molecule has 3 rings (SSSR count). The van der Waals surface area contributed by atoms with Crippen molar-refractivity contribution in [1.29, 1.82) is 0 Å². The van der Waals surface area contributed by atoms with Gasteiger partial charge >= 0.3 is 12.1 Å². The van der Waals surface area contributed by atoms with Crippen LogP contribution in [0.15, 0.2) is 53.2 Å². The first-order valence-electron chi connectivity index (χ1n) is 6.61. The number of alkyl halides is 3. The minimum Gasteiger partial charge on any atom is -0.508 e. The van der Waals surface area contributed by atoms with Crippen molar-refractivity contribution >= 4 is 5.97 Å².